The predicted molar refractivity (Wildman–Crippen MR) is 108 cm³/mol. The summed E-state index contributed by atoms with van der Waals surface area (Å²) < 4.78 is 5.25. The topological polar surface area (TPSA) is 94.0 Å². The van der Waals surface area contributed by atoms with E-state index in [-0.39, 0.29) is 24.4 Å². The zero-order valence-corrected chi connectivity index (χ0v) is 16.3. The van der Waals surface area contributed by atoms with Crippen molar-refractivity contribution in [2.75, 3.05) is 5.73 Å². The average molecular weight is 405 g/mol. The number of aryl methyl sites for hydroxylation is 2. The van der Waals surface area contributed by atoms with E-state index in [4.69, 9.17) is 10.3 Å². The van der Waals surface area contributed by atoms with E-state index in [0.717, 1.165) is 29.8 Å². The highest BCUT2D eigenvalue weighted by Crippen LogP contribution is 2.31. The third-order valence-corrected chi connectivity index (χ3v) is 5.46. The van der Waals surface area contributed by atoms with E-state index in [1.807, 2.05) is 35.7 Å². The van der Waals surface area contributed by atoms with Gasteiger partial charge in [-0.05, 0) is 54.0 Å². The molecule has 1 atom stereocenters. The van der Waals surface area contributed by atoms with Crippen molar-refractivity contribution in [2.45, 2.75) is 38.1 Å². The van der Waals surface area contributed by atoms with Gasteiger partial charge in [0.05, 0.1) is 10.9 Å². The number of carbonyl (C=O) groups excluding carboxylic acids is 1. The number of rotatable bonds is 5. The quantitative estimate of drug-likeness (QED) is 0.628. The summed E-state index contributed by atoms with van der Waals surface area (Å²) in [6.45, 7) is 0. The van der Waals surface area contributed by atoms with Crippen molar-refractivity contribution in [3.8, 4) is 10.7 Å². The Bertz CT molecular complexity index is 910. The Labute approximate surface area is 167 Å². The lowest BCUT2D eigenvalue weighted by Crippen LogP contribution is -2.31. The van der Waals surface area contributed by atoms with Gasteiger partial charge in [0.25, 0.3) is 0 Å². The molecule has 3 aromatic rings. The molecule has 3 N–H and O–H groups in total. The Morgan fingerprint density at radius 3 is 3.07 bits per heavy atom. The third kappa shape index (κ3) is 4.48. The number of nitrogen functional groups attached to an aromatic ring is 1. The molecule has 0 saturated carbocycles. The summed E-state index contributed by atoms with van der Waals surface area (Å²) in [5, 5.41) is 9.07. The molecule has 1 unspecified atom stereocenters. The van der Waals surface area contributed by atoms with Gasteiger partial charge in [0, 0.05) is 18.5 Å². The molecule has 142 valence electrons. The van der Waals surface area contributed by atoms with Crippen LogP contribution in [0.15, 0.2) is 40.2 Å². The molecule has 1 aromatic carbocycles. The number of hydrogen-bond donors (Lipinski definition) is 2. The highest BCUT2D eigenvalue weighted by molar-refractivity contribution is 7.13. The van der Waals surface area contributed by atoms with Gasteiger partial charge >= 0.3 is 0 Å². The molecule has 0 radical (unpaired) electrons. The number of nitrogens with zero attached hydrogens (tertiary/aromatic N) is 2. The number of nitrogens with one attached hydrogen (secondary N) is 1. The Morgan fingerprint density at radius 2 is 2.26 bits per heavy atom. The molecule has 4 rings (SSSR count). The molecule has 0 bridgehead atoms. The van der Waals surface area contributed by atoms with Gasteiger partial charge in [-0.3, -0.25) is 4.79 Å². The second kappa shape index (κ2) is 8.54. The van der Waals surface area contributed by atoms with Crippen LogP contribution in [0.1, 0.15) is 42.3 Å². The second-order valence-corrected chi connectivity index (χ2v) is 7.41. The monoisotopic (exact) mass is 404 g/mol. The molecule has 2 aromatic heterocycles. The molecule has 0 spiro atoms. The number of carbonyl (C=O) groups is 1. The summed E-state index contributed by atoms with van der Waals surface area (Å²) in [4.78, 5) is 17.7. The summed E-state index contributed by atoms with van der Waals surface area (Å²) in [6.07, 6.45) is 3.78. The van der Waals surface area contributed by atoms with Gasteiger partial charge < -0.3 is 15.6 Å². The number of halogens is 1. The Morgan fingerprint density at radius 1 is 1.37 bits per heavy atom. The van der Waals surface area contributed by atoms with Crippen molar-refractivity contribution in [1.29, 1.82) is 0 Å². The van der Waals surface area contributed by atoms with Crippen LogP contribution in [-0.4, -0.2) is 16.0 Å². The van der Waals surface area contributed by atoms with Crippen molar-refractivity contribution in [2.24, 2.45) is 0 Å². The lowest BCUT2D eigenvalue weighted by molar-refractivity contribution is -0.122. The number of hydrogen-bond acceptors (Lipinski definition) is 6. The maximum absolute atomic E-state index is 12.4. The van der Waals surface area contributed by atoms with Crippen molar-refractivity contribution in [3.63, 3.8) is 0 Å². The first-order valence-corrected chi connectivity index (χ1v) is 9.61. The largest absolute Gasteiger partial charge is 0.399 e. The van der Waals surface area contributed by atoms with Crippen molar-refractivity contribution < 1.29 is 9.32 Å². The van der Waals surface area contributed by atoms with Gasteiger partial charge in [-0.15, -0.1) is 23.7 Å². The van der Waals surface area contributed by atoms with Gasteiger partial charge in [-0.25, -0.2) is 0 Å². The van der Waals surface area contributed by atoms with Gasteiger partial charge in [0.15, 0.2) is 0 Å². The first-order chi connectivity index (χ1) is 12.7. The second-order valence-electron chi connectivity index (χ2n) is 6.46. The van der Waals surface area contributed by atoms with Crippen LogP contribution >= 0.6 is 23.7 Å². The van der Waals surface area contributed by atoms with Crippen LogP contribution in [0, 0.1) is 0 Å². The van der Waals surface area contributed by atoms with Crippen LogP contribution in [0.2, 0.25) is 0 Å². The lowest BCUT2D eigenvalue weighted by atomic mass is 9.87. The maximum atomic E-state index is 12.4. The summed E-state index contributed by atoms with van der Waals surface area (Å²) in [6, 6.07) is 9.88. The molecular weight excluding hydrogens is 384 g/mol. The zero-order valence-electron chi connectivity index (χ0n) is 14.7. The zero-order chi connectivity index (χ0) is 17.9. The number of thiophene rings is 1. The summed E-state index contributed by atoms with van der Waals surface area (Å²) in [7, 11) is 0. The molecule has 0 aliphatic heterocycles. The fraction of sp³-hybridized carbons (Fsp3) is 0.316. The highest BCUT2D eigenvalue weighted by Gasteiger charge is 2.22. The number of nitrogens with two attached hydrogens (primary N) is 1. The number of fused-ring (bicyclic) bond motifs is 1. The van der Waals surface area contributed by atoms with Crippen LogP contribution in [0.25, 0.3) is 10.7 Å². The molecule has 8 heteroatoms. The average Bonchev–Trinajstić information content (AvgIpc) is 3.31. The van der Waals surface area contributed by atoms with E-state index in [9.17, 15) is 4.79 Å². The normalized spacial score (nSPS) is 15.6. The van der Waals surface area contributed by atoms with E-state index >= 15 is 0 Å². The summed E-state index contributed by atoms with van der Waals surface area (Å²) >= 11 is 1.56. The van der Waals surface area contributed by atoms with Gasteiger partial charge in [0.1, 0.15) is 0 Å². The third-order valence-electron chi connectivity index (χ3n) is 4.59. The molecule has 2 heterocycles. The standard InChI is InChI=1S/C19H20N4O2S.ClH/c20-13-6-7-14-12(11-13)3-1-4-15(14)21-17(24)8-9-18-22-19(23-25-18)16-5-2-10-26-16;/h2,5-7,10-11,15H,1,3-4,8-9,20H2,(H,21,24);1H. The predicted octanol–water partition coefficient (Wildman–Crippen LogP) is 3.93. The van der Waals surface area contributed by atoms with Gasteiger partial charge in [0.2, 0.25) is 17.6 Å². The van der Waals surface area contributed by atoms with Gasteiger partial charge in [-0.1, -0.05) is 17.3 Å². The minimum atomic E-state index is -0.00412. The molecular formula is C19H21ClN4O2S. The maximum Gasteiger partial charge on any atom is 0.227 e. The van der Waals surface area contributed by atoms with E-state index in [2.05, 4.69) is 15.5 Å². The minimum Gasteiger partial charge on any atom is -0.399 e. The van der Waals surface area contributed by atoms with Crippen LogP contribution in [0.4, 0.5) is 5.69 Å². The van der Waals surface area contributed by atoms with E-state index < -0.39 is 0 Å². The van der Waals surface area contributed by atoms with E-state index in [1.54, 1.807) is 11.3 Å². The Hall–Kier alpha value is -2.38. The Kier molecular flexibility index (Phi) is 6.13. The fourth-order valence-electron chi connectivity index (χ4n) is 3.33. The molecule has 6 nitrogen and oxygen atoms in total. The summed E-state index contributed by atoms with van der Waals surface area (Å²) in [5.74, 6) is 1.06. The van der Waals surface area contributed by atoms with E-state index in [0.29, 0.717) is 24.6 Å². The Balaban J connectivity index is 0.00000210. The molecule has 0 fully saturated rings. The first-order valence-electron chi connectivity index (χ1n) is 8.73. The first kappa shape index (κ1) is 19.4. The van der Waals surface area contributed by atoms with Crippen LogP contribution in [-0.2, 0) is 17.6 Å². The molecule has 1 amide bonds. The number of aromatic nitrogens is 2. The van der Waals surface area contributed by atoms with E-state index in [1.165, 1.54) is 11.1 Å². The SMILES string of the molecule is Cl.Nc1ccc2c(c1)CCCC2NC(=O)CCc1nc(-c2cccs2)no1. The van der Waals surface area contributed by atoms with Crippen LogP contribution in [0.3, 0.4) is 0 Å². The summed E-state index contributed by atoms with van der Waals surface area (Å²) in [5.41, 5.74) is 9.05. The minimum absolute atomic E-state index is 0. The number of anilines is 1. The van der Waals surface area contributed by atoms with Crippen LogP contribution in [0.5, 0.6) is 0 Å². The smallest absolute Gasteiger partial charge is 0.227 e. The molecule has 1 aliphatic carbocycles. The fourth-order valence-corrected chi connectivity index (χ4v) is 3.98. The molecule has 0 saturated heterocycles. The van der Waals surface area contributed by atoms with Crippen LogP contribution < -0.4 is 11.1 Å². The molecule has 1 aliphatic rings. The van der Waals surface area contributed by atoms with Gasteiger partial charge in [-0.2, -0.15) is 4.98 Å². The highest BCUT2D eigenvalue weighted by atomic mass is 35.5. The van der Waals surface area contributed by atoms with Crippen molar-refractivity contribution in [3.05, 3.63) is 52.7 Å². The molecule has 27 heavy (non-hydrogen) atoms. The number of benzene rings is 1. The number of amides is 1. The lowest BCUT2D eigenvalue weighted by Gasteiger charge is -2.26. The van der Waals surface area contributed by atoms with Crippen molar-refractivity contribution >= 4 is 35.3 Å². The van der Waals surface area contributed by atoms with Crippen molar-refractivity contribution in [1.82, 2.24) is 15.5 Å².